The van der Waals surface area contributed by atoms with Gasteiger partial charge in [0.05, 0.1) is 23.9 Å². The molecule has 2 heterocycles. The lowest BCUT2D eigenvalue weighted by Crippen LogP contribution is -2.41. The summed E-state index contributed by atoms with van der Waals surface area (Å²) in [7, 11) is -0.565. The molecule has 2 aliphatic heterocycles. The summed E-state index contributed by atoms with van der Waals surface area (Å²) < 4.78 is 24.3. The molecule has 0 radical (unpaired) electrons. The highest BCUT2D eigenvalue weighted by molar-refractivity contribution is 6.62. The van der Waals surface area contributed by atoms with E-state index in [1.165, 1.54) is 22.3 Å². The van der Waals surface area contributed by atoms with Crippen molar-refractivity contribution in [3.8, 4) is 11.1 Å². The van der Waals surface area contributed by atoms with Gasteiger partial charge in [-0.3, -0.25) is 0 Å². The van der Waals surface area contributed by atoms with Crippen LogP contribution in [0.3, 0.4) is 0 Å². The molecule has 1 unspecified atom stereocenters. The SMILES string of the molecule is CCC1COB(c2ccc3c(c2)Cc2cc(B4OC(C)(C)C(C)(C)O4)ccc2-3)O1. The van der Waals surface area contributed by atoms with Crippen LogP contribution in [0.15, 0.2) is 36.4 Å². The van der Waals surface area contributed by atoms with Crippen LogP contribution in [0.2, 0.25) is 0 Å². The summed E-state index contributed by atoms with van der Waals surface area (Å²) in [5.41, 5.74) is 6.79. The van der Waals surface area contributed by atoms with Gasteiger partial charge in [0.25, 0.3) is 0 Å². The van der Waals surface area contributed by atoms with Gasteiger partial charge in [0, 0.05) is 0 Å². The average molecular weight is 390 g/mol. The van der Waals surface area contributed by atoms with Crippen LogP contribution in [0.4, 0.5) is 0 Å². The number of rotatable bonds is 3. The van der Waals surface area contributed by atoms with Gasteiger partial charge in [0.15, 0.2) is 0 Å². The molecule has 4 nitrogen and oxygen atoms in total. The Bertz CT molecular complexity index is 940. The smallest absolute Gasteiger partial charge is 0.405 e. The second-order valence-electron chi connectivity index (χ2n) is 9.43. The number of fused-ring (bicyclic) bond motifs is 3. The van der Waals surface area contributed by atoms with Crippen molar-refractivity contribution < 1.29 is 18.6 Å². The van der Waals surface area contributed by atoms with Crippen LogP contribution in [0.5, 0.6) is 0 Å². The van der Waals surface area contributed by atoms with Gasteiger partial charge in [0.1, 0.15) is 0 Å². The highest BCUT2D eigenvalue weighted by Crippen LogP contribution is 2.38. The molecule has 3 aliphatic rings. The van der Waals surface area contributed by atoms with E-state index in [0.29, 0.717) is 6.61 Å². The van der Waals surface area contributed by atoms with Crippen LogP contribution < -0.4 is 10.9 Å². The van der Waals surface area contributed by atoms with Gasteiger partial charge in [-0.2, -0.15) is 0 Å². The van der Waals surface area contributed by atoms with Crippen LogP contribution in [-0.4, -0.2) is 38.1 Å². The van der Waals surface area contributed by atoms with Crippen molar-refractivity contribution in [1.29, 1.82) is 0 Å². The van der Waals surface area contributed by atoms with Crippen molar-refractivity contribution in [3.05, 3.63) is 47.5 Å². The van der Waals surface area contributed by atoms with E-state index in [2.05, 4.69) is 71.0 Å². The van der Waals surface area contributed by atoms with E-state index in [1.54, 1.807) is 0 Å². The summed E-state index contributed by atoms with van der Waals surface area (Å²) in [4.78, 5) is 0. The lowest BCUT2D eigenvalue weighted by atomic mass is 9.77. The monoisotopic (exact) mass is 390 g/mol. The molecule has 0 spiro atoms. The van der Waals surface area contributed by atoms with Gasteiger partial charge in [-0.1, -0.05) is 43.3 Å². The van der Waals surface area contributed by atoms with E-state index in [0.717, 1.165) is 23.8 Å². The van der Waals surface area contributed by atoms with Crippen molar-refractivity contribution in [2.45, 2.75) is 64.8 Å². The van der Waals surface area contributed by atoms with E-state index in [9.17, 15) is 0 Å². The Morgan fingerprint density at radius 3 is 1.93 bits per heavy atom. The van der Waals surface area contributed by atoms with Gasteiger partial charge in [-0.15, -0.1) is 0 Å². The molecule has 0 bridgehead atoms. The van der Waals surface area contributed by atoms with Crippen LogP contribution in [-0.2, 0) is 25.0 Å². The van der Waals surface area contributed by atoms with Crippen LogP contribution in [0, 0.1) is 0 Å². The third-order valence-corrected chi connectivity index (χ3v) is 6.93. The predicted molar refractivity (Wildman–Crippen MR) is 117 cm³/mol. The zero-order valence-corrected chi connectivity index (χ0v) is 18.0. The van der Waals surface area contributed by atoms with E-state index in [4.69, 9.17) is 18.6 Å². The van der Waals surface area contributed by atoms with Crippen LogP contribution in [0.25, 0.3) is 11.1 Å². The highest BCUT2D eigenvalue weighted by Gasteiger charge is 2.51. The van der Waals surface area contributed by atoms with E-state index < -0.39 is 0 Å². The van der Waals surface area contributed by atoms with Crippen molar-refractivity contribution in [3.63, 3.8) is 0 Å². The first kappa shape index (κ1) is 19.4. The zero-order chi connectivity index (χ0) is 20.4. The topological polar surface area (TPSA) is 36.9 Å². The molecule has 2 aromatic carbocycles. The standard InChI is InChI=1S/C23H28B2O4/c1-6-19-14-26-24(27-19)17-7-9-20-15(12-17)11-16-13-18(8-10-21(16)20)25-28-22(2,3)23(4,5)29-25/h7-10,12-13,19H,6,11,14H2,1-5H3. The molecule has 1 aliphatic carbocycles. The van der Waals surface area contributed by atoms with Crippen molar-refractivity contribution in [2.24, 2.45) is 0 Å². The Morgan fingerprint density at radius 1 is 0.862 bits per heavy atom. The van der Waals surface area contributed by atoms with E-state index in [-0.39, 0.29) is 31.5 Å². The Hall–Kier alpha value is -1.59. The predicted octanol–water partition coefficient (Wildman–Crippen LogP) is 3.08. The summed E-state index contributed by atoms with van der Waals surface area (Å²) in [6.45, 7) is 11.2. The minimum Gasteiger partial charge on any atom is -0.405 e. The fourth-order valence-corrected chi connectivity index (χ4v) is 4.36. The van der Waals surface area contributed by atoms with Gasteiger partial charge < -0.3 is 18.6 Å². The molecule has 0 N–H and O–H groups in total. The zero-order valence-electron chi connectivity index (χ0n) is 18.0. The number of hydrogen-bond donors (Lipinski definition) is 0. The minimum absolute atomic E-state index is 0.202. The molecule has 5 rings (SSSR count). The normalized spacial score (nSPS) is 24.1. The third-order valence-electron chi connectivity index (χ3n) is 6.93. The maximum atomic E-state index is 6.24. The molecule has 0 aromatic heterocycles. The molecular formula is C23H28B2O4. The van der Waals surface area contributed by atoms with E-state index in [1.807, 2.05) is 0 Å². The molecule has 0 saturated carbocycles. The molecular weight excluding hydrogens is 362 g/mol. The first-order valence-electron chi connectivity index (χ1n) is 10.7. The van der Waals surface area contributed by atoms with Crippen molar-refractivity contribution in [2.75, 3.05) is 6.61 Å². The summed E-state index contributed by atoms with van der Waals surface area (Å²) in [5, 5.41) is 0. The molecule has 2 saturated heterocycles. The van der Waals surface area contributed by atoms with Gasteiger partial charge >= 0.3 is 14.2 Å². The fourth-order valence-electron chi connectivity index (χ4n) is 4.36. The molecule has 6 heteroatoms. The summed E-state index contributed by atoms with van der Waals surface area (Å²) in [5.74, 6) is 0. The Labute approximate surface area is 174 Å². The molecule has 150 valence electrons. The molecule has 2 aromatic rings. The molecule has 29 heavy (non-hydrogen) atoms. The second kappa shape index (κ2) is 6.71. The molecule has 2 fully saturated rings. The Morgan fingerprint density at radius 2 is 1.41 bits per heavy atom. The first-order chi connectivity index (χ1) is 13.8. The highest BCUT2D eigenvalue weighted by atomic mass is 16.7. The van der Waals surface area contributed by atoms with Gasteiger partial charge in [0.2, 0.25) is 0 Å². The third kappa shape index (κ3) is 3.17. The molecule has 1 atom stereocenters. The average Bonchev–Trinajstić information content (AvgIpc) is 3.35. The largest absolute Gasteiger partial charge is 0.494 e. The molecule has 0 amide bonds. The lowest BCUT2D eigenvalue weighted by Gasteiger charge is -2.32. The second-order valence-corrected chi connectivity index (χ2v) is 9.43. The fraction of sp³-hybridized carbons (Fsp3) is 0.478. The maximum absolute atomic E-state index is 6.24. The van der Waals surface area contributed by atoms with E-state index >= 15 is 0 Å². The maximum Gasteiger partial charge on any atom is 0.494 e. The number of hydrogen-bond acceptors (Lipinski definition) is 4. The van der Waals surface area contributed by atoms with Crippen molar-refractivity contribution >= 4 is 25.2 Å². The number of benzene rings is 2. The summed E-state index contributed by atoms with van der Waals surface area (Å²) in [6.07, 6.45) is 2.09. The van der Waals surface area contributed by atoms with Crippen LogP contribution in [0.1, 0.15) is 52.2 Å². The van der Waals surface area contributed by atoms with Crippen LogP contribution >= 0.6 is 0 Å². The lowest BCUT2D eigenvalue weighted by molar-refractivity contribution is 0.00578. The van der Waals surface area contributed by atoms with Crippen molar-refractivity contribution in [1.82, 2.24) is 0 Å². The minimum atomic E-state index is -0.327. The quantitative estimate of drug-likeness (QED) is 0.645. The Kier molecular flexibility index (Phi) is 4.48. The summed E-state index contributed by atoms with van der Waals surface area (Å²) >= 11 is 0. The first-order valence-corrected chi connectivity index (χ1v) is 10.7. The van der Waals surface area contributed by atoms with Gasteiger partial charge in [-0.25, -0.2) is 0 Å². The summed E-state index contributed by atoms with van der Waals surface area (Å²) in [6, 6.07) is 13.2. The Balaban J connectivity index is 1.39. The van der Waals surface area contributed by atoms with Gasteiger partial charge in [-0.05, 0) is 73.7 Å².